The third kappa shape index (κ3) is 3.27. The number of hydrogen-bond donors (Lipinski definition) is 0. The Morgan fingerprint density at radius 1 is 1.23 bits per heavy atom. The first-order chi connectivity index (χ1) is 10.3. The molecule has 0 aliphatic heterocycles. The van der Waals surface area contributed by atoms with Crippen molar-refractivity contribution in [3.63, 3.8) is 0 Å². The van der Waals surface area contributed by atoms with Gasteiger partial charge in [-0.1, -0.05) is 0 Å². The highest BCUT2D eigenvalue weighted by atomic mass is 79.9. The molecule has 0 spiro atoms. The molecular formula is C16H15BrFNO3. The van der Waals surface area contributed by atoms with E-state index in [1.54, 1.807) is 6.07 Å². The lowest BCUT2D eigenvalue weighted by molar-refractivity contribution is 0.0473. The molecular weight excluding hydrogens is 353 g/mol. The number of halogens is 2. The molecule has 1 heterocycles. The molecule has 1 aromatic carbocycles. The number of carbonyl (C=O) groups is 2. The molecule has 0 aliphatic carbocycles. The van der Waals surface area contributed by atoms with Gasteiger partial charge in [-0.05, 0) is 54.0 Å². The number of ketones is 1. The Hall–Kier alpha value is -1.95. The molecule has 0 atom stereocenters. The number of ether oxygens (including phenoxy) is 1. The molecule has 0 saturated carbocycles. The van der Waals surface area contributed by atoms with Crippen molar-refractivity contribution in [3.8, 4) is 0 Å². The monoisotopic (exact) mass is 367 g/mol. The van der Waals surface area contributed by atoms with Crippen LogP contribution in [0, 0.1) is 19.7 Å². The highest BCUT2D eigenvalue weighted by Gasteiger charge is 2.18. The lowest BCUT2D eigenvalue weighted by Crippen LogP contribution is -2.15. The van der Waals surface area contributed by atoms with Gasteiger partial charge in [-0.2, -0.15) is 0 Å². The SMILES string of the molecule is Cc1cc(C(=O)COC(=O)c2ccc(F)cc2Br)c(C)n1C. The fourth-order valence-electron chi connectivity index (χ4n) is 2.08. The smallest absolute Gasteiger partial charge is 0.339 e. The first-order valence-electron chi connectivity index (χ1n) is 6.59. The van der Waals surface area contributed by atoms with Gasteiger partial charge in [0.05, 0.1) is 5.56 Å². The summed E-state index contributed by atoms with van der Waals surface area (Å²) in [7, 11) is 1.86. The van der Waals surface area contributed by atoms with Crippen molar-refractivity contribution in [1.29, 1.82) is 0 Å². The van der Waals surface area contributed by atoms with Crippen LogP contribution in [-0.4, -0.2) is 22.9 Å². The highest BCUT2D eigenvalue weighted by molar-refractivity contribution is 9.10. The number of aryl methyl sites for hydroxylation is 1. The van der Waals surface area contributed by atoms with Crippen LogP contribution in [0.1, 0.15) is 32.1 Å². The molecule has 0 amide bonds. The summed E-state index contributed by atoms with van der Waals surface area (Å²) < 4.78 is 20.2. The van der Waals surface area contributed by atoms with Crippen molar-refractivity contribution in [2.75, 3.05) is 6.61 Å². The second kappa shape index (κ2) is 6.44. The second-order valence-corrected chi connectivity index (χ2v) is 5.82. The van der Waals surface area contributed by atoms with E-state index in [0.717, 1.165) is 17.5 Å². The van der Waals surface area contributed by atoms with Crippen LogP contribution in [0.2, 0.25) is 0 Å². The fourth-order valence-corrected chi connectivity index (χ4v) is 2.59. The molecule has 0 radical (unpaired) electrons. The van der Waals surface area contributed by atoms with Crippen LogP contribution in [-0.2, 0) is 11.8 Å². The van der Waals surface area contributed by atoms with E-state index in [-0.39, 0.29) is 22.4 Å². The maximum atomic E-state index is 13.0. The third-order valence-electron chi connectivity index (χ3n) is 3.56. The fraction of sp³-hybridized carbons (Fsp3) is 0.250. The Kier molecular flexibility index (Phi) is 4.81. The number of nitrogens with zero attached hydrogens (tertiary/aromatic N) is 1. The first kappa shape index (κ1) is 16.4. The molecule has 2 aromatic rings. The van der Waals surface area contributed by atoms with Gasteiger partial charge in [0.1, 0.15) is 5.82 Å². The van der Waals surface area contributed by atoms with Crippen LogP contribution in [0.4, 0.5) is 4.39 Å². The predicted molar refractivity (Wildman–Crippen MR) is 83.6 cm³/mol. The van der Waals surface area contributed by atoms with Crippen molar-refractivity contribution in [2.45, 2.75) is 13.8 Å². The number of hydrogen-bond acceptors (Lipinski definition) is 3. The van der Waals surface area contributed by atoms with Gasteiger partial charge < -0.3 is 9.30 Å². The molecule has 1 aromatic heterocycles. The number of carbonyl (C=O) groups excluding carboxylic acids is 2. The van der Waals surface area contributed by atoms with Crippen LogP contribution in [0.3, 0.4) is 0 Å². The van der Waals surface area contributed by atoms with Crippen molar-refractivity contribution in [1.82, 2.24) is 4.57 Å². The summed E-state index contributed by atoms with van der Waals surface area (Å²) in [5.74, 6) is -1.41. The average molecular weight is 368 g/mol. The lowest BCUT2D eigenvalue weighted by Gasteiger charge is -2.06. The molecule has 0 unspecified atom stereocenters. The number of esters is 1. The maximum absolute atomic E-state index is 13.0. The topological polar surface area (TPSA) is 48.3 Å². The Labute approximate surface area is 136 Å². The van der Waals surface area contributed by atoms with Gasteiger partial charge in [0.15, 0.2) is 6.61 Å². The van der Waals surface area contributed by atoms with E-state index >= 15 is 0 Å². The summed E-state index contributed by atoms with van der Waals surface area (Å²) in [6.07, 6.45) is 0. The Balaban J connectivity index is 2.07. The van der Waals surface area contributed by atoms with Crippen molar-refractivity contribution >= 4 is 27.7 Å². The Bertz CT molecular complexity index is 752. The molecule has 116 valence electrons. The van der Waals surface area contributed by atoms with Gasteiger partial charge in [-0.15, -0.1) is 0 Å². The minimum Gasteiger partial charge on any atom is -0.454 e. The standard InChI is InChI=1S/C16H15BrFNO3/c1-9-6-13(10(2)19(9)3)15(20)8-22-16(21)12-5-4-11(18)7-14(12)17/h4-7H,8H2,1-3H3. The van der Waals surface area contributed by atoms with Crippen molar-refractivity contribution in [2.24, 2.45) is 7.05 Å². The number of benzene rings is 1. The lowest BCUT2D eigenvalue weighted by atomic mass is 10.1. The highest BCUT2D eigenvalue weighted by Crippen LogP contribution is 2.19. The summed E-state index contributed by atoms with van der Waals surface area (Å²) in [6, 6.07) is 5.40. The van der Waals surface area contributed by atoms with Crippen LogP contribution >= 0.6 is 15.9 Å². The Morgan fingerprint density at radius 2 is 1.91 bits per heavy atom. The normalized spacial score (nSPS) is 10.6. The average Bonchev–Trinajstić information content (AvgIpc) is 2.72. The van der Waals surface area contributed by atoms with Crippen LogP contribution in [0.15, 0.2) is 28.7 Å². The molecule has 0 bridgehead atoms. The molecule has 0 saturated heterocycles. The molecule has 6 heteroatoms. The molecule has 4 nitrogen and oxygen atoms in total. The maximum Gasteiger partial charge on any atom is 0.339 e. The minimum absolute atomic E-state index is 0.176. The minimum atomic E-state index is -0.675. The quantitative estimate of drug-likeness (QED) is 0.612. The summed E-state index contributed by atoms with van der Waals surface area (Å²) in [5.41, 5.74) is 2.48. The molecule has 2 rings (SSSR count). The Morgan fingerprint density at radius 3 is 2.45 bits per heavy atom. The predicted octanol–water partition coefficient (Wildman–Crippen LogP) is 3.58. The van der Waals surface area contributed by atoms with Gasteiger partial charge in [0, 0.05) is 28.5 Å². The summed E-state index contributed by atoms with van der Waals surface area (Å²) in [5, 5.41) is 0. The van der Waals surface area contributed by atoms with E-state index in [0.29, 0.717) is 5.56 Å². The third-order valence-corrected chi connectivity index (χ3v) is 4.22. The first-order valence-corrected chi connectivity index (χ1v) is 7.39. The zero-order chi connectivity index (χ0) is 16.4. The van der Waals surface area contributed by atoms with Crippen LogP contribution in [0.5, 0.6) is 0 Å². The van der Waals surface area contributed by atoms with Crippen molar-refractivity contribution in [3.05, 3.63) is 57.1 Å². The summed E-state index contributed by atoms with van der Waals surface area (Å²) in [4.78, 5) is 24.1. The zero-order valence-electron chi connectivity index (χ0n) is 12.4. The largest absolute Gasteiger partial charge is 0.454 e. The van der Waals surface area contributed by atoms with Gasteiger partial charge in [-0.25, -0.2) is 9.18 Å². The van der Waals surface area contributed by atoms with Gasteiger partial charge in [0.25, 0.3) is 0 Å². The molecule has 0 N–H and O–H groups in total. The molecule has 0 fully saturated rings. The van der Waals surface area contributed by atoms with Crippen LogP contribution < -0.4 is 0 Å². The van der Waals surface area contributed by atoms with E-state index in [4.69, 9.17) is 4.74 Å². The second-order valence-electron chi connectivity index (χ2n) is 4.97. The number of Topliss-reactive ketones (excluding diaryl/α,β-unsaturated/α-hetero) is 1. The van der Waals surface area contributed by atoms with Gasteiger partial charge >= 0.3 is 5.97 Å². The van der Waals surface area contributed by atoms with Crippen molar-refractivity contribution < 1.29 is 18.7 Å². The van der Waals surface area contributed by atoms with Gasteiger partial charge in [-0.3, -0.25) is 4.79 Å². The van der Waals surface area contributed by atoms with E-state index < -0.39 is 11.8 Å². The van der Waals surface area contributed by atoms with E-state index in [1.165, 1.54) is 12.1 Å². The summed E-state index contributed by atoms with van der Waals surface area (Å²) >= 11 is 3.10. The van der Waals surface area contributed by atoms with Crippen LogP contribution in [0.25, 0.3) is 0 Å². The summed E-state index contributed by atoms with van der Waals surface area (Å²) in [6.45, 7) is 3.37. The zero-order valence-corrected chi connectivity index (χ0v) is 14.0. The van der Waals surface area contributed by atoms with E-state index in [1.807, 2.05) is 25.5 Å². The van der Waals surface area contributed by atoms with Gasteiger partial charge in [0.2, 0.25) is 5.78 Å². The molecule has 22 heavy (non-hydrogen) atoms. The van der Waals surface area contributed by atoms with E-state index in [2.05, 4.69) is 15.9 Å². The van der Waals surface area contributed by atoms with E-state index in [9.17, 15) is 14.0 Å². The molecule has 0 aliphatic rings. The number of aromatic nitrogens is 1. The number of rotatable bonds is 4.